The second-order valence-electron chi connectivity index (χ2n) is 18.8. The molecule has 0 rings (SSSR count). The largest absolute Gasteiger partial charge is 0.462 e. The molecule has 0 aliphatic heterocycles. The third kappa shape index (κ3) is 55.0. The SMILES string of the molecule is CC/C=C\C/C=C\C/C=C\C/C=C\C/C=C\CCCCCC(=O)OC(COC(=O)CCCCCCCCCC)COC(=O)CCCCCCCCCCCCCC/C=C\C/C=C\C/C=C\C/C=C\CC. The van der Waals surface area contributed by atoms with Crippen molar-refractivity contribution >= 4 is 17.9 Å². The molecule has 0 saturated heterocycles. The molecular weight excluding hydrogens is 865 g/mol. The van der Waals surface area contributed by atoms with Gasteiger partial charge in [0, 0.05) is 19.3 Å². The summed E-state index contributed by atoms with van der Waals surface area (Å²) in [7, 11) is 0. The van der Waals surface area contributed by atoms with Crippen LogP contribution in [0.15, 0.2) is 109 Å². The molecule has 0 radical (unpaired) electrons. The predicted octanol–water partition coefficient (Wildman–Crippen LogP) is 19.5. The van der Waals surface area contributed by atoms with Crippen LogP contribution in [0.4, 0.5) is 0 Å². The van der Waals surface area contributed by atoms with Crippen LogP contribution >= 0.6 is 0 Å². The molecule has 0 saturated carbocycles. The summed E-state index contributed by atoms with van der Waals surface area (Å²) in [5, 5.41) is 0. The summed E-state index contributed by atoms with van der Waals surface area (Å²) < 4.78 is 16.8. The van der Waals surface area contributed by atoms with Crippen molar-refractivity contribution in [3.63, 3.8) is 0 Å². The molecule has 0 aromatic rings. The van der Waals surface area contributed by atoms with Crippen LogP contribution in [0.5, 0.6) is 0 Å². The Labute approximate surface area is 431 Å². The van der Waals surface area contributed by atoms with Crippen molar-refractivity contribution in [1.29, 1.82) is 0 Å². The van der Waals surface area contributed by atoms with Crippen LogP contribution in [-0.2, 0) is 28.6 Å². The van der Waals surface area contributed by atoms with Crippen molar-refractivity contribution in [1.82, 2.24) is 0 Å². The molecule has 398 valence electrons. The molecule has 6 heteroatoms. The van der Waals surface area contributed by atoms with Crippen molar-refractivity contribution in [2.45, 2.75) is 264 Å². The van der Waals surface area contributed by atoms with Crippen molar-refractivity contribution in [3.05, 3.63) is 109 Å². The normalized spacial score (nSPS) is 12.9. The third-order valence-electron chi connectivity index (χ3n) is 12.0. The van der Waals surface area contributed by atoms with Crippen molar-refractivity contribution in [2.75, 3.05) is 13.2 Å². The van der Waals surface area contributed by atoms with Crippen LogP contribution in [-0.4, -0.2) is 37.2 Å². The van der Waals surface area contributed by atoms with Crippen LogP contribution in [0.1, 0.15) is 258 Å². The lowest BCUT2D eigenvalue weighted by molar-refractivity contribution is -0.167. The Morgan fingerprint density at radius 1 is 0.300 bits per heavy atom. The van der Waals surface area contributed by atoms with Crippen LogP contribution < -0.4 is 0 Å². The summed E-state index contributed by atoms with van der Waals surface area (Å²) in [6.45, 7) is 6.36. The zero-order chi connectivity index (χ0) is 50.7. The highest BCUT2D eigenvalue weighted by molar-refractivity contribution is 5.71. The Kier molecular flexibility index (Phi) is 54.4. The Morgan fingerprint density at radius 3 is 0.886 bits per heavy atom. The first-order valence-corrected chi connectivity index (χ1v) is 28.9. The molecule has 0 aromatic heterocycles. The minimum atomic E-state index is -0.795. The fourth-order valence-electron chi connectivity index (χ4n) is 7.75. The lowest BCUT2D eigenvalue weighted by Gasteiger charge is -2.18. The molecule has 1 unspecified atom stereocenters. The molecule has 0 aliphatic rings. The molecular formula is C64H106O6. The van der Waals surface area contributed by atoms with E-state index in [2.05, 4.69) is 130 Å². The zero-order valence-electron chi connectivity index (χ0n) is 45.5. The molecule has 70 heavy (non-hydrogen) atoms. The number of rotatable bonds is 51. The Hall–Kier alpha value is -3.93. The summed E-state index contributed by atoms with van der Waals surface area (Å²) in [6.07, 6.45) is 78.1. The van der Waals surface area contributed by atoms with E-state index in [1.807, 2.05) is 0 Å². The molecule has 0 N–H and O–H groups in total. The summed E-state index contributed by atoms with van der Waals surface area (Å²) in [5.41, 5.74) is 0. The summed E-state index contributed by atoms with van der Waals surface area (Å²) in [5.74, 6) is -0.930. The zero-order valence-corrected chi connectivity index (χ0v) is 45.5. The summed E-state index contributed by atoms with van der Waals surface area (Å²) in [4.78, 5) is 38.0. The van der Waals surface area contributed by atoms with Crippen LogP contribution in [0, 0.1) is 0 Å². The Bertz CT molecular complexity index is 1440. The second kappa shape index (κ2) is 57.6. The molecule has 0 spiro atoms. The highest BCUT2D eigenvalue weighted by atomic mass is 16.6. The van der Waals surface area contributed by atoms with Gasteiger partial charge in [0.15, 0.2) is 6.10 Å². The summed E-state index contributed by atoms with van der Waals surface area (Å²) in [6, 6.07) is 0. The topological polar surface area (TPSA) is 78.9 Å². The van der Waals surface area contributed by atoms with E-state index in [0.29, 0.717) is 12.8 Å². The van der Waals surface area contributed by atoms with Gasteiger partial charge in [-0.3, -0.25) is 14.4 Å². The van der Waals surface area contributed by atoms with Crippen LogP contribution in [0.3, 0.4) is 0 Å². The van der Waals surface area contributed by atoms with Crippen molar-refractivity contribution in [2.24, 2.45) is 0 Å². The van der Waals surface area contributed by atoms with E-state index in [1.165, 1.54) is 96.3 Å². The fraction of sp³-hybridized carbons (Fsp3) is 0.672. The maximum Gasteiger partial charge on any atom is 0.306 e. The molecule has 0 fully saturated rings. The van der Waals surface area contributed by atoms with Gasteiger partial charge in [-0.2, -0.15) is 0 Å². The standard InChI is InChI=1S/C64H106O6/c1-4-7-10-13-16-19-21-23-25-27-29-30-31-32-33-34-36-37-39-41-43-45-48-51-54-57-63(66)69-60-61(59-68-62(65)56-53-50-47-18-15-12-9-6-3)70-64(67)58-55-52-49-46-44-42-40-38-35-28-26-24-22-20-17-14-11-8-5-2/h7-8,10-11,16-17,19-20,23-26,29-30,35,38,42,44,61H,4-6,9,12-15,18,21-22,27-28,31-34,36-37,39-41,43,45-60H2,1-3H3/b10-7-,11-8-,19-16-,20-17-,25-23-,26-24-,30-29-,38-35-,44-42-. The number of unbranched alkanes of at least 4 members (excludes halogenated alkanes) is 22. The maximum atomic E-state index is 12.8. The quantitative estimate of drug-likeness (QED) is 0.0262. The van der Waals surface area contributed by atoms with Crippen molar-refractivity contribution in [3.8, 4) is 0 Å². The smallest absolute Gasteiger partial charge is 0.306 e. The van der Waals surface area contributed by atoms with Gasteiger partial charge in [0.25, 0.3) is 0 Å². The van der Waals surface area contributed by atoms with Crippen LogP contribution in [0.25, 0.3) is 0 Å². The number of hydrogen-bond acceptors (Lipinski definition) is 6. The summed E-state index contributed by atoms with van der Waals surface area (Å²) >= 11 is 0. The molecule has 0 aromatic carbocycles. The highest BCUT2D eigenvalue weighted by Crippen LogP contribution is 2.15. The van der Waals surface area contributed by atoms with E-state index in [-0.39, 0.29) is 37.5 Å². The van der Waals surface area contributed by atoms with E-state index in [9.17, 15) is 14.4 Å². The fourth-order valence-corrected chi connectivity index (χ4v) is 7.75. The highest BCUT2D eigenvalue weighted by Gasteiger charge is 2.19. The number of carbonyl (C=O) groups is 3. The third-order valence-corrected chi connectivity index (χ3v) is 12.0. The van der Waals surface area contributed by atoms with Gasteiger partial charge in [-0.05, 0) is 103 Å². The van der Waals surface area contributed by atoms with Gasteiger partial charge in [-0.1, -0.05) is 246 Å². The van der Waals surface area contributed by atoms with Gasteiger partial charge >= 0.3 is 17.9 Å². The Balaban J connectivity index is 4.27. The first kappa shape index (κ1) is 66.1. The van der Waals surface area contributed by atoms with Gasteiger partial charge in [0.1, 0.15) is 13.2 Å². The average Bonchev–Trinajstić information content (AvgIpc) is 3.36. The molecule has 0 bridgehead atoms. The van der Waals surface area contributed by atoms with Gasteiger partial charge < -0.3 is 14.2 Å². The number of esters is 3. The number of ether oxygens (including phenoxy) is 3. The predicted molar refractivity (Wildman–Crippen MR) is 302 cm³/mol. The molecule has 0 aliphatic carbocycles. The first-order valence-electron chi connectivity index (χ1n) is 28.9. The minimum absolute atomic E-state index is 0.0916. The van der Waals surface area contributed by atoms with Gasteiger partial charge in [0.2, 0.25) is 0 Å². The van der Waals surface area contributed by atoms with E-state index >= 15 is 0 Å². The molecule has 0 amide bonds. The van der Waals surface area contributed by atoms with E-state index in [4.69, 9.17) is 14.2 Å². The molecule has 0 heterocycles. The molecule has 1 atom stereocenters. The lowest BCUT2D eigenvalue weighted by atomic mass is 10.0. The first-order chi connectivity index (χ1) is 34.5. The number of carbonyl (C=O) groups excluding carboxylic acids is 3. The second-order valence-corrected chi connectivity index (χ2v) is 18.8. The van der Waals surface area contributed by atoms with Gasteiger partial charge in [-0.15, -0.1) is 0 Å². The number of hydrogen-bond donors (Lipinski definition) is 0. The maximum absolute atomic E-state index is 12.8. The van der Waals surface area contributed by atoms with E-state index in [0.717, 1.165) is 122 Å². The lowest BCUT2D eigenvalue weighted by Crippen LogP contribution is -2.30. The minimum Gasteiger partial charge on any atom is -0.462 e. The Morgan fingerprint density at radius 2 is 0.557 bits per heavy atom. The average molecular weight is 972 g/mol. The monoisotopic (exact) mass is 971 g/mol. The van der Waals surface area contributed by atoms with E-state index in [1.54, 1.807) is 0 Å². The van der Waals surface area contributed by atoms with Crippen LogP contribution in [0.2, 0.25) is 0 Å². The van der Waals surface area contributed by atoms with Gasteiger partial charge in [-0.25, -0.2) is 0 Å². The molecule has 6 nitrogen and oxygen atoms in total. The van der Waals surface area contributed by atoms with Crippen molar-refractivity contribution < 1.29 is 28.6 Å². The van der Waals surface area contributed by atoms with Gasteiger partial charge in [0.05, 0.1) is 0 Å². The van der Waals surface area contributed by atoms with E-state index < -0.39 is 6.10 Å². The number of allylic oxidation sites excluding steroid dienone is 18.